The molecule has 0 bridgehead atoms. The highest BCUT2D eigenvalue weighted by Gasteiger charge is 2.24. The van der Waals surface area contributed by atoms with Crippen LogP contribution in [0.4, 0.5) is 0 Å². The summed E-state index contributed by atoms with van der Waals surface area (Å²) in [6.07, 6.45) is 1.76. The molecule has 1 atom stereocenters. The number of ketones is 1. The molecule has 1 unspecified atom stereocenters. The Hall–Kier alpha value is -3.39. The van der Waals surface area contributed by atoms with Crippen LogP contribution in [0.3, 0.4) is 0 Å². The van der Waals surface area contributed by atoms with Gasteiger partial charge in [-0.1, -0.05) is 36.4 Å². The van der Waals surface area contributed by atoms with Crippen LogP contribution in [0.1, 0.15) is 17.4 Å². The summed E-state index contributed by atoms with van der Waals surface area (Å²) in [6, 6.07) is 19.0. The molecule has 5 nitrogen and oxygen atoms in total. The standard InChI is InChI=1S/C20H17N3O2/c1-14(12-21)13-22-20(25)19(24)18-17(15-7-3-2-4-8-15)11-16-9-5-6-10-23(16)18/h2-11,14H,13H2,1H3,(H,22,25). The average molecular weight is 331 g/mol. The van der Waals surface area contributed by atoms with Gasteiger partial charge in [-0.25, -0.2) is 0 Å². The molecule has 0 aliphatic rings. The van der Waals surface area contributed by atoms with Crippen molar-refractivity contribution in [2.24, 2.45) is 5.92 Å². The normalized spacial score (nSPS) is 11.7. The van der Waals surface area contributed by atoms with E-state index in [1.54, 1.807) is 17.5 Å². The number of fused-ring (bicyclic) bond motifs is 1. The lowest BCUT2D eigenvalue weighted by molar-refractivity contribution is -0.117. The first-order chi connectivity index (χ1) is 12.1. The van der Waals surface area contributed by atoms with Gasteiger partial charge in [0.05, 0.1) is 12.0 Å². The third-order valence-electron chi connectivity index (χ3n) is 3.97. The number of rotatable bonds is 5. The number of hydrogen-bond acceptors (Lipinski definition) is 3. The molecule has 1 amide bonds. The second-order valence-electron chi connectivity index (χ2n) is 5.84. The van der Waals surface area contributed by atoms with Gasteiger partial charge in [0.2, 0.25) is 0 Å². The number of benzene rings is 1. The van der Waals surface area contributed by atoms with Crippen molar-refractivity contribution in [1.82, 2.24) is 9.72 Å². The minimum atomic E-state index is -0.705. The van der Waals surface area contributed by atoms with Crippen molar-refractivity contribution in [3.8, 4) is 17.2 Å². The fourth-order valence-corrected chi connectivity index (χ4v) is 2.67. The van der Waals surface area contributed by atoms with Crippen LogP contribution in [-0.2, 0) is 4.79 Å². The summed E-state index contributed by atoms with van der Waals surface area (Å²) in [5.41, 5.74) is 2.74. The first-order valence-electron chi connectivity index (χ1n) is 7.99. The fraction of sp³-hybridized carbons (Fsp3) is 0.150. The summed E-state index contributed by atoms with van der Waals surface area (Å²) in [4.78, 5) is 25.1. The van der Waals surface area contributed by atoms with Crippen LogP contribution in [0.2, 0.25) is 0 Å². The van der Waals surface area contributed by atoms with Gasteiger partial charge in [-0.2, -0.15) is 5.26 Å². The lowest BCUT2D eigenvalue weighted by Crippen LogP contribution is -2.34. The Morgan fingerprint density at radius 3 is 2.60 bits per heavy atom. The van der Waals surface area contributed by atoms with Gasteiger partial charge < -0.3 is 9.72 Å². The minimum absolute atomic E-state index is 0.144. The molecule has 25 heavy (non-hydrogen) atoms. The zero-order chi connectivity index (χ0) is 17.8. The van der Waals surface area contributed by atoms with E-state index in [9.17, 15) is 9.59 Å². The predicted molar refractivity (Wildman–Crippen MR) is 95.0 cm³/mol. The summed E-state index contributed by atoms with van der Waals surface area (Å²) in [7, 11) is 0. The highest BCUT2D eigenvalue weighted by molar-refractivity contribution is 6.43. The Morgan fingerprint density at radius 2 is 1.88 bits per heavy atom. The molecule has 0 spiro atoms. The van der Waals surface area contributed by atoms with E-state index in [0.717, 1.165) is 11.1 Å². The first-order valence-corrected chi connectivity index (χ1v) is 7.99. The molecular weight excluding hydrogens is 314 g/mol. The van der Waals surface area contributed by atoms with Crippen LogP contribution in [0, 0.1) is 17.2 Å². The average Bonchev–Trinajstić information content (AvgIpc) is 3.05. The number of carbonyl (C=O) groups is 2. The number of hydrogen-bond donors (Lipinski definition) is 1. The van der Waals surface area contributed by atoms with E-state index in [-0.39, 0.29) is 12.5 Å². The zero-order valence-electron chi connectivity index (χ0n) is 13.8. The third-order valence-corrected chi connectivity index (χ3v) is 3.97. The van der Waals surface area contributed by atoms with Gasteiger partial charge in [0.25, 0.3) is 11.7 Å². The van der Waals surface area contributed by atoms with E-state index in [0.29, 0.717) is 11.3 Å². The van der Waals surface area contributed by atoms with Crippen LogP contribution >= 0.6 is 0 Å². The maximum absolute atomic E-state index is 12.8. The molecule has 0 aliphatic heterocycles. The maximum atomic E-state index is 12.8. The van der Waals surface area contributed by atoms with Crippen LogP contribution < -0.4 is 5.32 Å². The fourth-order valence-electron chi connectivity index (χ4n) is 2.67. The van der Waals surface area contributed by atoms with Gasteiger partial charge in [0, 0.05) is 23.8 Å². The summed E-state index contributed by atoms with van der Waals surface area (Å²) in [5.74, 6) is -1.67. The van der Waals surface area contributed by atoms with Gasteiger partial charge in [0.15, 0.2) is 0 Å². The Balaban J connectivity index is 2.04. The van der Waals surface area contributed by atoms with Crippen LogP contribution in [0.5, 0.6) is 0 Å². The molecule has 0 fully saturated rings. The Bertz CT molecular complexity index is 968. The number of aromatic nitrogens is 1. The molecule has 124 valence electrons. The van der Waals surface area contributed by atoms with E-state index >= 15 is 0 Å². The van der Waals surface area contributed by atoms with E-state index in [2.05, 4.69) is 5.32 Å². The molecule has 2 heterocycles. The molecule has 0 radical (unpaired) electrons. The quantitative estimate of drug-likeness (QED) is 0.577. The number of nitrogens with one attached hydrogen (secondary N) is 1. The summed E-state index contributed by atoms with van der Waals surface area (Å²) in [6.45, 7) is 1.83. The highest BCUT2D eigenvalue weighted by atomic mass is 16.2. The molecule has 2 aromatic heterocycles. The molecule has 3 rings (SSSR count). The van der Waals surface area contributed by atoms with Crippen LogP contribution in [-0.4, -0.2) is 22.6 Å². The molecule has 1 aromatic carbocycles. The molecular formula is C20H17N3O2. The lowest BCUT2D eigenvalue weighted by Gasteiger charge is -2.08. The highest BCUT2D eigenvalue weighted by Crippen LogP contribution is 2.28. The van der Waals surface area contributed by atoms with E-state index in [1.165, 1.54) is 0 Å². The molecule has 1 N–H and O–H groups in total. The second kappa shape index (κ2) is 7.02. The van der Waals surface area contributed by atoms with E-state index in [1.807, 2.05) is 60.7 Å². The smallest absolute Gasteiger partial charge is 0.294 e. The third kappa shape index (κ3) is 3.29. The van der Waals surface area contributed by atoms with Crippen molar-refractivity contribution in [1.29, 1.82) is 5.26 Å². The Kier molecular flexibility index (Phi) is 4.62. The van der Waals surface area contributed by atoms with Crippen molar-refractivity contribution in [2.45, 2.75) is 6.92 Å². The topological polar surface area (TPSA) is 74.4 Å². The number of nitrogens with zero attached hydrogens (tertiary/aromatic N) is 2. The molecule has 0 saturated carbocycles. The van der Waals surface area contributed by atoms with E-state index < -0.39 is 11.7 Å². The summed E-state index contributed by atoms with van der Waals surface area (Å²) >= 11 is 0. The van der Waals surface area contributed by atoms with Gasteiger partial charge in [-0.05, 0) is 30.7 Å². The SMILES string of the molecule is CC(C#N)CNC(=O)C(=O)c1c(-c2ccccc2)cc2ccccn12. The minimum Gasteiger partial charge on any atom is -0.348 e. The first kappa shape index (κ1) is 16.5. The summed E-state index contributed by atoms with van der Waals surface area (Å²) in [5, 5.41) is 11.4. The van der Waals surface area contributed by atoms with Crippen molar-refractivity contribution in [3.63, 3.8) is 0 Å². The number of amides is 1. The van der Waals surface area contributed by atoms with Gasteiger partial charge in [-0.15, -0.1) is 0 Å². The second-order valence-corrected chi connectivity index (χ2v) is 5.84. The maximum Gasteiger partial charge on any atom is 0.294 e. The van der Waals surface area contributed by atoms with Crippen molar-refractivity contribution < 1.29 is 9.59 Å². The zero-order valence-corrected chi connectivity index (χ0v) is 13.8. The Labute approximate surface area is 145 Å². The predicted octanol–water partition coefficient (Wildman–Crippen LogP) is 3.06. The molecule has 5 heteroatoms. The van der Waals surface area contributed by atoms with Crippen molar-refractivity contribution >= 4 is 17.2 Å². The lowest BCUT2D eigenvalue weighted by atomic mass is 10.0. The largest absolute Gasteiger partial charge is 0.348 e. The number of Topliss-reactive ketones (excluding diaryl/α,β-unsaturated/α-hetero) is 1. The van der Waals surface area contributed by atoms with Gasteiger partial charge >= 0.3 is 0 Å². The van der Waals surface area contributed by atoms with Gasteiger partial charge in [0.1, 0.15) is 5.69 Å². The van der Waals surface area contributed by atoms with Crippen molar-refractivity contribution in [3.05, 3.63) is 66.5 Å². The van der Waals surface area contributed by atoms with Crippen LogP contribution in [0.25, 0.3) is 16.6 Å². The van der Waals surface area contributed by atoms with E-state index in [4.69, 9.17) is 5.26 Å². The van der Waals surface area contributed by atoms with Gasteiger partial charge in [-0.3, -0.25) is 9.59 Å². The molecule has 3 aromatic rings. The van der Waals surface area contributed by atoms with Crippen molar-refractivity contribution in [2.75, 3.05) is 6.54 Å². The molecule has 0 aliphatic carbocycles. The number of nitriles is 1. The summed E-state index contributed by atoms with van der Waals surface area (Å²) < 4.78 is 1.72. The monoisotopic (exact) mass is 331 g/mol. The number of carbonyl (C=O) groups excluding carboxylic acids is 2. The Morgan fingerprint density at radius 1 is 1.16 bits per heavy atom. The molecule has 0 saturated heterocycles. The number of pyridine rings is 1. The van der Waals surface area contributed by atoms with Crippen LogP contribution in [0.15, 0.2) is 60.8 Å².